The largest absolute Gasteiger partial charge is 0.388 e. The molecule has 0 radical (unpaired) electrons. The van der Waals surface area contributed by atoms with Crippen molar-refractivity contribution >= 4 is 0 Å². The Morgan fingerprint density at radius 3 is 2.71 bits per heavy atom. The maximum absolute atomic E-state index is 12.9. The lowest BCUT2D eigenvalue weighted by molar-refractivity contribution is 0.112. The van der Waals surface area contributed by atoms with Crippen LogP contribution in [0.25, 0.3) is 0 Å². The van der Waals surface area contributed by atoms with Gasteiger partial charge in [-0.25, -0.2) is 4.39 Å². The van der Waals surface area contributed by atoms with Gasteiger partial charge in [-0.2, -0.15) is 0 Å². The Bertz CT molecular complexity index is 285. The summed E-state index contributed by atoms with van der Waals surface area (Å²) < 4.78 is 12.9. The fourth-order valence-corrected chi connectivity index (χ4v) is 1.63. The van der Waals surface area contributed by atoms with Crippen LogP contribution in [0.15, 0.2) is 24.3 Å². The quantitative estimate of drug-likeness (QED) is 0.783. The second-order valence-electron chi connectivity index (χ2n) is 3.77. The zero-order valence-electron chi connectivity index (χ0n) is 8.70. The molecule has 1 aromatic carbocycles. The van der Waals surface area contributed by atoms with Gasteiger partial charge in [0.2, 0.25) is 0 Å². The van der Waals surface area contributed by atoms with Crippen LogP contribution < -0.4 is 0 Å². The summed E-state index contributed by atoms with van der Waals surface area (Å²) in [7, 11) is 0. The van der Waals surface area contributed by atoms with E-state index < -0.39 is 6.10 Å². The van der Waals surface area contributed by atoms with Gasteiger partial charge in [0.15, 0.2) is 0 Å². The molecule has 0 bridgehead atoms. The summed E-state index contributed by atoms with van der Waals surface area (Å²) in [4.78, 5) is 0. The summed E-state index contributed by atoms with van der Waals surface area (Å²) in [6, 6.07) is 6.18. The van der Waals surface area contributed by atoms with E-state index in [0.29, 0.717) is 5.56 Å². The number of aliphatic hydroxyl groups excluding tert-OH is 1. The van der Waals surface area contributed by atoms with Gasteiger partial charge >= 0.3 is 0 Å². The first-order valence-electron chi connectivity index (χ1n) is 5.08. The Labute approximate surface area is 84.6 Å². The Hall–Kier alpha value is -0.890. The molecule has 0 saturated carbocycles. The molecular weight excluding hydrogens is 179 g/mol. The van der Waals surface area contributed by atoms with Crippen LogP contribution in [-0.4, -0.2) is 5.11 Å². The number of benzene rings is 1. The Morgan fingerprint density at radius 2 is 2.14 bits per heavy atom. The van der Waals surface area contributed by atoms with Gasteiger partial charge in [-0.05, 0) is 30.0 Å². The van der Waals surface area contributed by atoms with Crippen molar-refractivity contribution in [3.05, 3.63) is 35.6 Å². The zero-order valence-corrected chi connectivity index (χ0v) is 8.70. The van der Waals surface area contributed by atoms with Crippen LogP contribution in [0.1, 0.15) is 38.4 Å². The predicted molar refractivity (Wildman–Crippen MR) is 55.4 cm³/mol. The second kappa shape index (κ2) is 5.11. The van der Waals surface area contributed by atoms with Crippen molar-refractivity contribution in [2.24, 2.45) is 5.92 Å². The first kappa shape index (κ1) is 11.2. The standard InChI is InChI=1S/C12H17FO/c1-3-5-9(2)12(14)10-6-4-7-11(13)8-10/h4,6-9,12,14H,3,5H2,1-2H3. The minimum absolute atomic E-state index is 0.182. The van der Waals surface area contributed by atoms with Crippen LogP contribution in [0.5, 0.6) is 0 Å². The first-order chi connectivity index (χ1) is 6.65. The van der Waals surface area contributed by atoms with Crippen molar-refractivity contribution in [1.82, 2.24) is 0 Å². The molecule has 0 saturated heterocycles. The molecule has 0 aromatic heterocycles. The lowest BCUT2D eigenvalue weighted by Crippen LogP contribution is -2.09. The summed E-state index contributed by atoms with van der Waals surface area (Å²) in [5.74, 6) is -0.105. The molecule has 78 valence electrons. The molecule has 1 nitrogen and oxygen atoms in total. The van der Waals surface area contributed by atoms with E-state index in [1.54, 1.807) is 12.1 Å². The molecule has 0 spiro atoms. The van der Waals surface area contributed by atoms with E-state index >= 15 is 0 Å². The number of halogens is 1. The van der Waals surface area contributed by atoms with Gasteiger partial charge < -0.3 is 5.11 Å². The van der Waals surface area contributed by atoms with Crippen LogP contribution in [0.4, 0.5) is 4.39 Å². The second-order valence-corrected chi connectivity index (χ2v) is 3.77. The van der Waals surface area contributed by atoms with Crippen molar-refractivity contribution in [3.8, 4) is 0 Å². The zero-order chi connectivity index (χ0) is 10.6. The monoisotopic (exact) mass is 196 g/mol. The molecule has 0 aliphatic heterocycles. The molecule has 2 unspecified atom stereocenters. The summed E-state index contributed by atoms with van der Waals surface area (Å²) in [6.45, 7) is 4.06. The van der Waals surface area contributed by atoms with Crippen LogP contribution in [0, 0.1) is 11.7 Å². The normalized spacial score (nSPS) is 15.1. The van der Waals surface area contributed by atoms with E-state index in [1.807, 2.05) is 6.92 Å². The maximum atomic E-state index is 12.9. The number of aliphatic hydroxyl groups is 1. The SMILES string of the molecule is CCCC(C)C(O)c1cccc(F)c1. The van der Waals surface area contributed by atoms with E-state index in [1.165, 1.54) is 12.1 Å². The fourth-order valence-electron chi connectivity index (χ4n) is 1.63. The molecular formula is C12H17FO. The van der Waals surface area contributed by atoms with Gasteiger partial charge in [0.1, 0.15) is 5.82 Å². The highest BCUT2D eigenvalue weighted by Crippen LogP contribution is 2.25. The molecule has 0 amide bonds. The minimum atomic E-state index is -0.550. The highest BCUT2D eigenvalue weighted by molar-refractivity contribution is 5.19. The molecule has 0 heterocycles. The van der Waals surface area contributed by atoms with Gasteiger partial charge in [-0.1, -0.05) is 32.4 Å². The van der Waals surface area contributed by atoms with E-state index in [0.717, 1.165) is 12.8 Å². The fraction of sp³-hybridized carbons (Fsp3) is 0.500. The molecule has 1 rings (SSSR count). The van der Waals surface area contributed by atoms with Crippen molar-refractivity contribution < 1.29 is 9.50 Å². The third-order valence-corrected chi connectivity index (χ3v) is 2.47. The molecule has 0 fully saturated rings. The van der Waals surface area contributed by atoms with E-state index in [2.05, 4.69) is 6.92 Å². The molecule has 14 heavy (non-hydrogen) atoms. The van der Waals surface area contributed by atoms with Crippen LogP contribution in [0.3, 0.4) is 0 Å². The summed E-state index contributed by atoms with van der Waals surface area (Å²) >= 11 is 0. The third-order valence-electron chi connectivity index (χ3n) is 2.47. The molecule has 2 atom stereocenters. The van der Waals surface area contributed by atoms with Crippen molar-refractivity contribution in [2.45, 2.75) is 32.8 Å². The van der Waals surface area contributed by atoms with Crippen LogP contribution in [-0.2, 0) is 0 Å². The maximum Gasteiger partial charge on any atom is 0.123 e. The summed E-state index contributed by atoms with van der Waals surface area (Å²) in [5, 5.41) is 9.88. The van der Waals surface area contributed by atoms with Gasteiger partial charge in [-0.3, -0.25) is 0 Å². The average molecular weight is 196 g/mol. The van der Waals surface area contributed by atoms with Crippen LogP contribution in [0.2, 0.25) is 0 Å². The van der Waals surface area contributed by atoms with E-state index in [9.17, 15) is 9.50 Å². The first-order valence-corrected chi connectivity index (χ1v) is 5.08. The smallest absolute Gasteiger partial charge is 0.123 e. The van der Waals surface area contributed by atoms with E-state index in [-0.39, 0.29) is 11.7 Å². The number of hydrogen-bond acceptors (Lipinski definition) is 1. The van der Waals surface area contributed by atoms with Gasteiger partial charge in [0, 0.05) is 0 Å². The van der Waals surface area contributed by atoms with Gasteiger partial charge in [0.25, 0.3) is 0 Å². The highest BCUT2D eigenvalue weighted by Gasteiger charge is 2.15. The predicted octanol–water partition coefficient (Wildman–Crippen LogP) is 3.30. The third kappa shape index (κ3) is 2.81. The highest BCUT2D eigenvalue weighted by atomic mass is 19.1. The topological polar surface area (TPSA) is 20.2 Å². The van der Waals surface area contributed by atoms with Crippen molar-refractivity contribution in [1.29, 1.82) is 0 Å². The number of hydrogen-bond donors (Lipinski definition) is 1. The number of rotatable bonds is 4. The summed E-state index contributed by atoms with van der Waals surface area (Å²) in [5.41, 5.74) is 0.672. The molecule has 0 aliphatic carbocycles. The lowest BCUT2D eigenvalue weighted by Gasteiger charge is -2.18. The van der Waals surface area contributed by atoms with E-state index in [4.69, 9.17) is 0 Å². The van der Waals surface area contributed by atoms with Crippen LogP contribution >= 0.6 is 0 Å². The van der Waals surface area contributed by atoms with Gasteiger partial charge in [0.05, 0.1) is 6.10 Å². The molecule has 0 aliphatic rings. The van der Waals surface area contributed by atoms with Crippen molar-refractivity contribution in [3.63, 3.8) is 0 Å². The minimum Gasteiger partial charge on any atom is -0.388 e. The molecule has 1 N–H and O–H groups in total. The Balaban J connectivity index is 2.73. The van der Waals surface area contributed by atoms with Gasteiger partial charge in [-0.15, -0.1) is 0 Å². The molecule has 1 aromatic rings. The molecule has 2 heteroatoms. The average Bonchev–Trinajstić information content (AvgIpc) is 2.17. The lowest BCUT2D eigenvalue weighted by atomic mass is 9.94. The Kier molecular flexibility index (Phi) is 4.08. The summed E-state index contributed by atoms with van der Waals surface area (Å²) in [6.07, 6.45) is 1.44. The Morgan fingerprint density at radius 1 is 1.43 bits per heavy atom. The van der Waals surface area contributed by atoms with Crippen molar-refractivity contribution in [2.75, 3.05) is 0 Å².